The van der Waals surface area contributed by atoms with Gasteiger partial charge in [0.2, 0.25) is 0 Å². The Bertz CT molecular complexity index is 741. The lowest BCUT2D eigenvalue weighted by atomic mass is 10.3. The number of aliphatic hydroxyl groups is 1. The molecule has 25 heavy (non-hydrogen) atoms. The van der Waals surface area contributed by atoms with E-state index in [-0.39, 0.29) is 19.1 Å². The average molecular weight is 384 g/mol. The second-order valence-corrected chi connectivity index (χ2v) is 5.85. The van der Waals surface area contributed by atoms with E-state index < -0.39 is 6.10 Å². The zero-order chi connectivity index (χ0) is 18.2. The van der Waals surface area contributed by atoms with Crippen molar-refractivity contribution in [2.75, 3.05) is 25.6 Å². The van der Waals surface area contributed by atoms with Gasteiger partial charge in [-0.1, -0.05) is 41.4 Å². The number of rotatable bonds is 7. The van der Waals surface area contributed by atoms with E-state index in [4.69, 9.17) is 38.4 Å². The van der Waals surface area contributed by atoms with Crippen molar-refractivity contribution in [2.24, 2.45) is 10.7 Å². The second-order valence-electron chi connectivity index (χ2n) is 5.07. The van der Waals surface area contributed by atoms with Gasteiger partial charge in [-0.05, 0) is 24.3 Å². The molecule has 0 heterocycles. The Morgan fingerprint density at radius 3 is 2.68 bits per heavy atom. The lowest BCUT2D eigenvalue weighted by molar-refractivity contribution is 0.114. The van der Waals surface area contributed by atoms with Crippen molar-refractivity contribution in [2.45, 2.75) is 6.10 Å². The summed E-state index contributed by atoms with van der Waals surface area (Å²) >= 11 is 11.9. The van der Waals surface area contributed by atoms with Gasteiger partial charge in [0.1, 0.15) is 29.2 Å². The van der Waals surface area contributed by atoms with Gasteiger partial charge in [-0.15, -0.1) is 0 Å². The van der Waals surface area contributed by atoms with Crippen LogP contribution in [0.1, 0.15) is 0 Å². The van der Waals surface area contributed by atoms with E-state index in [1.54, 1.807) is 31.4 Å². The van der Waals surface area contributed by atoms with Crippen LogP contribution in [0.15, 0.2) is 47.5 Å². The molecule has 0 aliphatic heterocycles. The SMILES string of the molecule is COc1ccccc1NC(N)=NCC(O)COc1cccc(Cl)c1Cl. The van der Waals surface area contributed by atoms with Crippen molar-refractivity contribution in [1.29, 1.82) is 0 Å². The van der Waals surface area contributed by atoms with Crippen LogP contribution in [0.25, 0.3) is 0 Å². The minimum Gasteiger partial charge on any atom is -0.495 e. The molecule has 134 valence electrons. The first kappa shape index (κ1) is 19.2. The van der Waals surface area contributed by atoms with Gasteiger partial charge in [-0.25, -0.2) is 0 Å². The first-order valence-corrected chi connectivity index (χ1v) is 8.21. The van der Waals surface area contributed by atoms with E-state index >= 15 is 0 Å². The summed E-state index contributed by atoms with van der Waals surface area (Å²) in [5.74, 6) is 1.20. The third kappa shape index (κ3) is 5.70. The monoisotopic (exact) mass is 383 g/mol. The van der Waals surface area contributed by atoms with Crippen molar-refractivity contribution in [3.63, 3.8) is 0 Å². The molecule has 0 bridgehead atoms. The summed E-state index contributed by atoms with van der Waals surface area (Å²) in [6.45, 7) is 0.0671. The smallest absolute Gasteiger partial charge is 0.193 e. The van der Waals surface area contributed by atoms with E-state index in [1.807, 2.05) is 18.2 Å². The molecule has 1 unspecified atom stereocenters. The first-order chi connectivity index (χ1) is 12.0. The molecule has 2 rings (SSSR count). The van der Waals surface area contributed by atoms with Crippen molar-refractivity contribution in [3.8, 4) is 11.5 Å². The van der Waals surface area contributed by atoms with Crippen molar-refractivity contribution < 1.29 is 14.6 Å². The van der Waals surface area contributed by atoms with E-state index in [2.05, 4.69) is 10.3 Å². The van der Waals surface area contributed by atoms with Gasteiger partial charge in [0, 0.05) is 0 Å². The fourth-order valence-electron chi connectivity index (χ4n) is 1.96. The maximum atomic E-state index is 9.97. The van der Waals surface area contributed by atoms with Crippen molar-refractivity contribution in [1.82, 2.24) is 0 Å². The van der Waals surface area contributed by atoms with E-state index in [1.165, 1.54) is 0 Å². The molecule has 1 atom stereocenters. The predicted molar refractivity (Wildman–Crippen MR) is 101 cm³/mol. The highest BCUT2D eigenvalue weighted by Crippen LogP contribution is 2.31. The van der Waals surface area contributed by atoms with Crippen LogP contribution in [0.5, 0.6) is 11.5 Å². The molecule has 2 aromatic rings. The molecule has 4 N–H and O–H groups in total. The number of nitrogens with two attached hydrogens (primary N) is 1. The molecule has 0 aromatic heterocycles. The normalized spacial score (nSPS) is 12.6. The van der Waals surface area contributed by atoms with Crippen LogP contribution in [0, 0.1) is 0 Å². The number of nitrogens with zero attached hydrogens (tertiary/aromatic N) is 1. The number of anilines is 1. The molecule has 0 spiro atoms. The minimum atomic E-state index is -0.854. The Morgan fingerprint density at radius 2 is 1.92 bits per heavy atom. The van der Waals surface area contributed by atoms with Gasteiger partial charge in [0.15, 0.2) is 5.96 Å². The molecule has 2 aromatic carbocycles. The number of aliphatic hydroxyl groups excluding tert-OH is 1. The summed E-state index contributed by atoms with van der Waals surface area (Å²) in [5.41, 5.74) is 6.50. The fourth-order valence-corrected chi connectivity index (χ4v) is 2.31. The van der Waals surface area contributed by atoms with E-state index in [0.717, 1.165) is 0 Å². The van der Waals surface area contributed by atoms with Crippen LogP contribution in [-0.4, -0.2) is 37.4 Å². The van der Waals surface area contributed by atoms with E-state index in [9.17, 15) is 5.11 Å². The van der Waals surface area contributed by atoms with Crippen LogP contribution in [-0.2, 0) is 0 Å². The number of guanidine groups is 1. The van der Waals surface area contributed by atoms with Gasteiger partial charge in [-0.2, -0.15) is 0 Å². The summed E-state index contributed by atoms with van der Waals surface area (Å²) in [6.07, 6.45) is -0.854. The Hall–Kier alpha value is -2.15. The average Bonchev–Trinajstić information content (AvgIpc) is 2.61. The molecule has 0 radical (unpaired) electrons. The largest absolute Gasteiger partial charge is 0.495 e. The third-order valence-electron chi connectivity index (χ3n) is 3.19. The molecule has 6 nitrogen and oxygen atoms in total. The molecular formula is C17H19Cl2N3O3. The van der Waals surface area contributed by atoms with Gasteiger partial charge < -0.3 is 25.6 Å². The number of hydrogen-bond acceptors (Lipinski definition) is 4. The van der Waals surface area contributed by atoms with Gasteiger partial charge in [-0.3, -0.25) is 4.99 Å². The lowest BCUT2D eigenvalue weighted by Gasteiger charge is -2.13. The number of halogens is 2. The van der Waals surface area contributed by atoms with Gasteiger partial charge in [0.25, 0.3) is 0 Å². The fraction of sp³-hybridized carbons (Fsp3) is 0.235. The summed E-state index contributed by atoms with van der Waals surface area (Å²) in [5, 5.41) is 13.6. The quantitative estimate of drug-likeness (QED) is 0.504. The summed E-state index contributed by atoms with van der Waals surface area (Å²) in [6, 6.07) is 12.3. The standard InChI is InChI=1S/C17H19Cl2N3O3/c1-24-14-7-3-2-6-13(14)22-17(20)21-9-11(23)10-25-15-8-4-5-12(18)16(15)19/h2-8,11,23H,9-10H2,1H3,(H3,20,21,22). The zero-order valence-corrected chi connectivity index (χ0v) is 15.1. The molecule has 0 aliphatic carbocycles. The lowest BCUT2D eigenvalue weighted by Crippen LogP contribution is -2.27. The minimum absolute atomic E-state index is 0.00546. The number of benzene rings is 2. The second kappa shape index (κ2) is 9.36. The summed E-state index contributed by atoms with van der Waals surface area (Å²) in [4.78, 5) is 4.09. The summed E-state index contributed by atoms with van der Waals surface area (Å²) in [7, 11) is 1.57. The molecule has 0 saturated heterocycles. The highest BCUT2D eigenvalue weighted by molar-refractivity contribution is 6.42. The number of ether oxygens (including phenoxy) is 2. The number of nitrogens with one attached hydrogen (secondary N) is 1. The first-order valence-electron chi connectivity index (χ1n) is 7.46. The van der Waals surface area contributed by atoms with Crippen LogP contribution >= 0.6 is 23.2 Å². The molecule has 0 amide bonds. The maximum Gasteiger partial charge on any atom is 0.193 e. The van der Waals surface area contributed by atoms with Gasteiger partial charge in [0.05, 0.1) is 24.4 Å². The molecule has 0 saturated carbocycles. The Labute approximate surface area is 156 Å². The Morgan fingerprint density at radius 1 is 1.20 bits per heavy atom. The Balaban J connectivity index is 1.86. The topological polar surface area (TPSA) is 89.1 Å². The molecule has 0 fully saturated rings. The molecule has 8 heteroatoms. The van der Waals surface area contributed by atoms with Crippen molar-refractivity contribution >= 4 is 34.8 Å². The van der Waals surface area contributed by atoms with Crippen LogP contribution in [0.4, 0.5) is 5.69 Å². The number of hydrogen-bond donors (Lipinski definition) is 3. The number of aliphatic imine (C=N–C) groups is 1. The van der Waals surface area contributed by atoms with Crippen LogP contribution in [0.3, 0.4) is 0 Å². The number of methoxy groups -OCH3 is 1. The summed E-state index contributed by atoms with van der Waals surface area (Å²) < 4.78 is 10.7. The highest BCUT2D eigenvalue weighted by atomic mass is 35.5. The van der Waals surface area contributed by atoms with Crippen molar-refractivity contribution in [3.05, 3.63) is 52.5 Å². The van der Waals surface area contributed by atoms with Crippen LogP contribution < -0.4 is 20.5 Å². The molecular weight excluding hydrogens is 365 g/mol. The zero-order valence-electron chi connectivity index (χ0n) is 13.6. The highest BCUT2D eigenvalue weighted by Gasteiger charge is 2.09. The third-order valence-corrected chi connectivity index (χ3v) is 3.99. The maximum absolute atomic E-state index is 9.97. The van der Waals surface area contributed by atoms with Gasteiger partial charge >= 0.3 is 0 Å². The van der Waals surface area contributed by atoms with E-state index in [0.29, 0.717) is 27.2 Å². The Kier molecular flexibility index (Phi) is 7.18. The van der Waals surface area contributed by atoms with Crippen LogP contribution in [0.2, 0.25) is 10.0 Å². The predicted octanol–water partition coefficient (Wildman–Crippen LogP) is 3.17. The molecule has 0 aliphatic rings. The number of para-hydroxylation sites is 2.